The van der Waals surface area contributed by atoms with Gasteiger partial charge in [-0.3, -0.25) is 4.79 Å². The van der Waals surface area contributed by atoms with E-state index >= 15 is 0 Å². The van der Waals surface area contributed by atoms with Crippen LogP contribution in [0.15, 0.2) is 18.2 Å². The maximum absolute atomic E-state index is 11.5. The van der Waals surface area contributed by atoms with Gasteiger partial charge in [-0.1, -0.05) is 32.8 Å². The Labute approximate surface area is 104 Å². The predicted octanol–water partition coefficient (Wildman–Crippen LogP) is 4.01. The Morgan fingerprint density at radius 1 is 1.29 bits per heavy atom. The zero-order chi connectivity index (χ0) is 12.8. The van der Waals surface area contributed by atoms with Crippen LogP contribution in [-0.4, -0.2) is 12.4 Å². The monoisotopic (exact) mass is 234 g/mol. The molecule has 0 saturated heterocycles. The highest BCUT2D eigenvalue weighted by atomic mass is 16.5. The lowest BCUT2D eigenvalue weighted by Crippen LogP contribution is -2.12. The van der Waals surface area contributed by atoms with Gasteiger partial charge in [0.25, 0.3) is 0 Å². The topological polar surface area (TPSA) is 26.3 Å². The zero-order valence-corrected chi connectivity index (χ0v) is 11.2. The molecule has 0 bridgehead atoms. The van der Waals surface area contributed by atoms with Crippen LogP contribution in [0.1, 0.15) is 49.5 Å². The molecule has 0 heterocycles. The molecular weight excluding hydrogens is 212 g/mol. The van der Waals surface area contributed by atoms with Gasteiger partial charge in [0.2, 0.25) is 0 Å². The van der Waals surface area contributed by atoms with Gasteiger partial charge in [-0.2, -0.15) is 0 Å². The summed E-state index contributed by atoms with van der Waals surface area (Å²) in [6, 6.07) is 5.74. The fraction of sp³-hybridized carbons (Fsp3) is 0.533. The van der Waals surface area contributed by atoms with Crippen molar-refractivity contribution in [3.8, 4) is 5.75 Å². The summed E-state index contributed by atoms with van der Waals surface area (Å²) in [5, 5.41) is 0. The highest BCUT2D eigenvalue weighted by Gasteiger charge is 2.10. The second-order valence-corrected chi connectivity index (χ2v) is 4.55. The largest absolute Gasteiger partial charge is 0.493 e. The summed E-state index contributed by atoms with van der Waals surface area (Å²) in [5.74, 6) is 1.35. The third-order valence-electron chi connectivity index (χ3n) is 3.15. The molecule has 0 unspecified atom stereocenters. The van der Waals surface area contributed by atoms with E-state index in [9.17, 15) is 4.79 Å². The molecule has 0 atom stereocenters. The summed E-state index contributed by atoms with van der Waals surface area (Å²) in [6.07, 6.45) is 2.22. The van der Waals surface area contributed by atoms with Gasteiger partial charge in [-0.25, -0.2) is 0 Å². The van der Waals surface area contributed by atoms with Crippen LogP contribution in [-0.2, 0) is 0 Å². The number of ether oxygens (including phenoxy) is 1. The highest BCUT2D eigenvalue weighted by Crippen LogP contribution is 2.22. The predicted molar refractivity (Wildman–Crippen MR) is 70.8 cm³/mol. The number of Topliss-reactive ketones (excluding diaryl/α,β-unsaturated/α-hetero) is 1. The van der Waals surface area contributed by atoms with Crippen LogP contribution in [0.2, 0.25) is 0 Å². The second kappa shape index (κ2) is 6.43. The average molecular weight is 234 g/mol. The Hall–Kier alpha value is -1.31. The first kappa shape index (κ1) is 13.8. The SMILES string of the molecule is CCC(CC)COc1cc(C)ccc1C(C)=O. The number of aryl methyl sites for hydroxylation is 1. The molecule has 2 heteroatoms. The maximum atomic E-state index is 11.5. The van der Waals surface area contributed by atoms with Crippen molar-refractivity contribution in [3.63, 3.8) is 0 Å². The standard InChI is InChI=1S/C15H22O2/c1-5-13(6-2)10-17-15-9-11(3)7-8-14(15)12(4)16/h7-9,13H,5-6,10H2,1-4H3. The first-order chi connectivity index (χ1) is 8.08. The van der Waals surface area contributed by atoms with Crippen LogP contribution < -0.4 is 4.74 Å². The Balaban J connectivity index is 2.81. The number of hydrogen-bond donors (Lipinski definition) is 0. The van der Waals surface area contributed by atoms with E-state index in [0.717, 1.165) is 24.2 Å². The van der Waals surface area contributed by atoms with Gasteiger partial charge in [0.05, 0.1) is 12.2 Å². The lowest BCUT2D eigenvalue weighted by Gasteiger charge is -2.16. The quantitative estimate of drug-likeness (QED) is 0.695. The molecule has 0 aromatic heterocycles. The van der Waals surface area contributed by atoms with Crippen molar-refractivity contribution in [2.45, 2.75) is 40.5 Å². The van der Waals surface area contributed by atoms with E-state index in [-0.39, 0.29) is 5.78 Å². The number of hydrogen-bond acceptors (Lipinski definition) is 2. The van der Waals surface area contributed by atoms with Crippen LogP contribution in [0.3, 0.4) is 0 Å². The molecule has 17 heavy (non-hydrogen) atoms. The maximum Gasteiger partial charge on any atom is 0.163 e. The van der Waals surface area contributed by atoms with Crippen molar-refractivity contribution in [1.29, 1.82) is 0 Å². The molecule has 0 aliphatic rings. The molecule has 0 amide bonds. The first-order valence-electron chi connectivity index (χ1n) is 6.32. The summed E-state index contributed by atoms with van der Waals surface area (Å²) >= 11 is 0. The number of carbonyl (C=O) groups is 1. The second-order valence-electron chi connectivity index (χ2n) is 4.55. The summed E-state index contributed by atoms with van der Waals surface area (Å²) < 4.78 is 5.80. The Morgan fingerprint density at radius 2 is 1.94 bits per heavy atom. The van der Waals surface area contributed by atoms with Gasteiger partial charge in [0, 0.05) is 0 Å². The molecule has 0 N–H and O–H groups in total. The van der Waals surface area contributed by atoms with E-state index in [1.165, 1.54) is 0 Å². The molecular formula is C15H22O2. The van der Waals surface area contributed by atoms with Crippen molar-refractivity contribution in [2.24, 2.45) is 5.92 Å². The number of carbonyl (C=O) groups excluding carboxylic acids is 1. The molecule has 1 aromatic rings. The van der Waals surface area contributed by atoms with E-state index in [2.05, 4.69) is 13.8 Å². The highest BCUT2D eigenvalue weighted by molar-refractivity contribution is 5.96. The molecule has 1 rings (SSSR count). The van der Waals surface area contributed by atoms with Crippen LogP contribution in [0.5, 0.6) is 5.75 Å². The minimum Gasteiger partial charge on any atom is -0.493 e. The van der Waals surface area contributed by atoms with Gasteiger partial charge in [0.1, 0.15) is 5.75 Å². The van der Waals surface area contributed by atoms with Crippen LogP contribution in [0.4, 0.5) is 0 Å². The van der Waals surface area contributed by atoms with E-state index < -0.39 is 0 Å². The minimum atomic E-state index is 0.0598. The van der Waals surface area contributed by atoms with Crippen molar-refractivity contribution >= 4 is 5.78 Å². The van der Waals surface area contributed by atoms with Gasteiger partial charge in [0.15, 0.2) is 5.78 Å². The molecule has 0 radical (unpaired) electrons. The molecule has 1 aromatic carbocycles. The Kier molecular flexibility index (Phi) is 5.20. The van der Waals surface area contributed by atoms with Crippen LogP contribution >= 0.6 is 0 Å². The van der Waals surface area contributed by atoms with Crippen molar-refractivity contribution in [1.82, 2.24) is 0 Å². The molecule has 0 aliphatic heterocycles. The fourth-order valence-electron chi connectivity index (χ4n) is 1.77. The van der Waals surface area contributed by atoms with Crippen molar-refractivity contribution in [2.75, 3.05) is 6.61 Å². The van der Waals surface area contributed by atoms with E-state index in [4.69, 9.17) is 4.74 Å². The summed E-state index contributed by atoms with van der Waals surface area (Å²) in [4.78, 5) is 11.5. The van der Waals surface area contributed by atoms with Crippen molar-refractivity contribution < 1.29 is 9.53 Å². The number of benzene rings is 1. The Morgan fingerprint density at radius 3 is 2.47 bits per heavy atom. The molecule has 0 saturated carbocycles. The molecule has 94 valence electrons. The first-order valence-corrected chi connectivity index (χ1v) is 6.32. The number of ketones is 1. The van der Waals surface area contributed by atoms with Gasteiger partial charge < -0.3 is 4.74 Å². The summed E-state index contributed by atoms with van der Waals surface area (Å²) in [5.41, 5.74) is 1.80. The van der Waals surface area contributed by atoms with E-state index in [0.29, 0.717) is 18.1 Å². The average Bonchev–Trinajstić information content (AvgIpc) is 2.30. The number of rotatable bonds is 6. The van der Waals surface area contributed by atoms with Crippen LogP contribution in [0.25, 0.3) is 0 Å². The van der Waals surface area contributed by atoms with E-state index in [1.807, 2.05) is 25.1 Å². The lowest BCUT2D eigenvalue weighted by atomic mass is 10.0. The molecule has 0 aliphatic carbocycles. The molecule has 0 fully saturated rings. The van der Waals surface area contributed by atoms with E-state index in [1.54, 1.807) is 6.92 Å². The van der Waals surface area contributed by atoms with Gasteiger partial charge >= 0.3 is 0 Å². The fourth-order valence-corrected chi connectivity index (χ4v) is 1.77. The lowest BCUT2D eigenvalue weighted by molar-refractivity contribution is 0.101. The third kappa shape index (κ3) is 3.88. The van der Waals surface area contributed by atoms with Crippen molar-refractivity contribution in [3.05, 3.63) is 29.3 Å². The smallest absolute Gasteiger partial charge is 0.163 e. The van der Waals surface area contributed by atoms with Crippen LogP contribution in [0, 0.1) is 12.8 Å². The molecule has 0 spiro atoms. The summed E-state index contributed by atoms with van der Waals surface area (Å²) in [7, 11) is 0. The summed E-state index contributed by atoms with van der Waals surface area (Å²) in [6.45, 7) is 8.61. The third-order valence-corrected chi connectivity index (χ3v) is 3.15. The van der Waals surface area contributed by atoms with Gasteiger partial charge in [-0.05, 0) is 37.5 Å². The Bertz CT molecular complexity index is 379. The molecule has 2 nitrogen and oxygen atoms in total. The minimum absolute atomic E-state index is 0.0598. The normalized spacial score (nSPS) is 10.6. The van der Waals surface area contributed by atoms with Gasteiger partial charge in [-0.15, -0.1) is 0 Å². The zero-order valence-electron chi connectivity index (χ0n) is 11.2.